The summed E-state index contributed by atoms with van der Waals surface area (Å²) in [5.74, 6) is 0.743. The number of likely N-dealkylation sites (tertiary alicyclic amines) is 1. The zero-order valence-corrected chi connectivity index (χ0v) is 18.6. The van der Waals surface area contributed by atoms with Crippen molar-refractivity contribution < 1.29 is 14.3 Å². The van der Waals surface area contributed by atoms with Gasteiger partial charge in [0, 0.05) is 36.8 Å². The molecule has 31 heavy (non-hydrogen) atoms. The first-order chi connectivity index (χ1) is 15.1. The van der Waals surface area contributed by atoms with Crippen molar-refractivity contribution in [2.24, 2.45) is 0 Å². The average Bonchev–Trinajstić information content (AvgIpc) is 2.80. The van der Waals surface area contributed by atoms with Crippen LogP contribution in [0.1, 0.15) is 59.7 Å². The summed E-state index contributed by atoms with van der Waals surface area (Å²) in [6, 6.07) is 14.2. The van der Waals surface area contributed by atoms with Crippen LogP contribution in [-0.4, -0.2) is 47.4 Å². The van der Waals surface area contributed by atoms with E-state index in [1.807, 2.05) is 28.0 Å². The van der Waals surface area contributed by atoms with Crippen LogP contribution in [0, 0.1) is 6.92 Å². The predicted molar refractivity (Wildman–Crippen MR) is 121 cm³/mol. The van der Waals surface area contributed by atoms with Gasteiger partial charge in [-0.1, -0.05) is 42.8 Å². The Kier molecular flexibility index (Phi) is 6.59. The van der Waals surface area contributed by atoms with Crippen LogP contribution >= 0.6 is 0 Å². The number of piperidine rings is 1. The van der Waals surface area contributed by atoms with Gasteiger partial charge in [0.2, 0.25) is 0 Å². The van der Waals surface area contributed by atoms with Crippen molar-refractivity contribution in [2.75, 3.05) is 19.7 Å². The summed E-state index contributed by atoms with van der Waals surface area (Å²) in [6.45, 7) is 6.31. The van der Waals surface area contributed by atoms with E-state index in [1.165, 1.54) is 12.0 Å². The van der Waals surface area contributed by atoms with E-state index in [-0.39, 0.29) is 18.4 Å². The summed E-state index contributed by atoms with van der Waals surface area (Å²) in [7, 11) is 0. The molecule has 0 unspecified atom stereocenters. The van der Waals surface area contributed by atoms with Crippen molar-refractivity contribution in [3.05, 3.63) is 64.7 Å². The molecule has 5 nitrogen and oxygen atoms in total. The van der Waals surface area contributed by atoms with Crippen molar-refractivity contribution >= 4 is 11.8 Å². The fourth-order valence-corrected chi connectivity index (χ4v) is 4.72. The lowest BCUT2D eigenvalue weighted by Gasteiger charge is -2.35. The van der Waals surface area contributed by atoms with Gasteiger partial charge in [0.15, 0.2) is 6.61 Å². The van der Waals surface area contributed by atoms with Crippen LogP contribution in [0.4, 0.5) is 0 Å². The topological polar surface area (TPSA) is 49.9 Å². The minimum absolute atomic E-state index is 0.0284. The molecule has 1 atom stereocenters. The Morgan fingerprint density at radius 3 is 2.68 bits per heavy atom. The smallest absolute Gasteiger partial charge is 0.260 e. The van der Waals surface area contributed by atoms with E-state index in [0.717, 1.165) is 43.4 Å². The Balaban J connectivity index is 1.43. The molecule has 164 valence electrons. The number of ether oxygens (including phenoxy) is 1. The fourth-order valence-electron chi connectivity index (χ4n) is 4.72. The second-order valence-corrected chi connectivity index (χ2v) is 8.68. The van der Waals surface area contributed by atoms with Gasteiger partial charge in [0.05, 0.1) is 0 Å². The first kappa shape index (κ1) is 21.4. The minimum atomic E-state index is 0.0284. The molecule has 0 saturated carbocycles. The zero-order valence-electron chi connectivity index (χ0n) is 18.6. The van der Waals surface area contributed by atoms with E-state index >= 15 is 0 Å². The maximum Gasteiger partial charge on any atom is 0.260 e. The highest BCUT2D eigenvalue weighted by molar-refractivity contribution is 5.97. The normalized spacial score (nSPS) is 18.6. The van der Waals surface area contributed by atoms with Crippen molar-refractivity contribution in [1.82, 2.24) is 9.80 Å². The Labute approximate surface area is 185 Å². The molecule has 1 saturated heterocycles. The molecule has 0 spiro atoms. The van der Waals surface area contributed by atoms with Crippen LogP contribution in [0.15, 0.2) is 42.5 Å². The van der Waals surface area contributed by atoms with Crippen LogP contribution < -0.4 is 4.74 Å². The summed E-state index contributed by atoms with van der Waals surface area (Å²) in [5, 5.41) is 0. The van der Waals surface area contributed by atoms with Gasteiger partial charge in [-0.25, -0.2) is 0 Å². The molecular formula is C26H32N2O3. The SMILES string of the molecule is CC[C@@H]1CCCCN1C(=O)COc1cccc2c1CCN(Cc1ccc(C)cc1)C2=O. The summed E-state index contributed by atoms with van der Waals surface area (Å²) < 4.78 is 5.97. The lowest BCUT2D eigenvalue weighted by Crippen LogP contribution is -2.45. The lowest BCUT2D eigenvalue weighted by atomic mass is 9.97. The van der Waals surface area contributed by atoms with Crippen molar-refractivity contribution in [3.63, 3.8) is 0 Å². The monoisotopic (exact) mass is 420 g/mol. The molecule has 0 radical (unpaired) electrons. The molecule has 1 fully saturated rings. The fraction of sp³-hybridized carbons (Fsp3) is 0.462. The van der Waals surface area contributed by atoms with Gasteiger partial charge in [-0.05, 0) is 56.7 Å². The number of benzene rings is 2. The quantitative estimate of drug-likeness (QED) is 0.698. The van der Waals surface area contributed by atoms with Gasteiger partial charge in [0.25, 0.3) is 11.8 Å². The second kappa shape index (κ2) is 9.54. The van der Waals surface area contributed by atoms with Crippen molar-refractivity contribution in [2.45, 2.75) is 58.5 Å². The van der Waals surface area contributed by atoms with Crippen LogP contribution in [-0.2, 0) is 17.8 Å². The number of hydrogen-bond donors (Lipinski definition) is 0. The van der Waals surface area contributed by atoms with E-state index in [0.29, 0.717) is 30.4 Å². The van der Waals surface area contributed by atoms with Gasteiger partial charge in [-0.15, -0.1) is 0 Å². The van der Waals surface area contributed by atoms with Gasteiger partial charge in [-0.3, -0.25) is 9.59 Å². The molecule has 5 heteroatoms. The molecule has 0 N–H and O–H groups in total. The first-order valence-electron chi connectivity index (χ1n) is 11.5. The second-order valence-electron chi connectivity index (χ2n) is 8.68. The van der Waals surface area contributed by atoms with Crippen molar-refractivity contribution in [1.29, 1.82) is 0 Å². The van der Waals surface area contributed by atoms with Gasteiger partial charge in [0.1, 0.15) is 5.75 Å². The summed E-state index contributed by atoms with van der Waals surface area (Å²) in [4.78, 5) is 29.8. The molecule has 2 aliphatic heterocycles. The van der Waals surface area contributed by atoms with E-state index in [9.17, 15) is 9.59 Å². The molecule has 2 aromatic carbocycles. The zero-order chi connectivity index (χ0) is 21.8. The lowest BCUT2D eigenvalue weighted by molar-refractivity contribution is -0.137. The van der Waals surface area contributed by atoms with E-state index in [1.54, 1.807) is 0 Å². The van der Waals surface area contributed by atoms with E-state index in [4.69, 9.17) is 4.74 Å². The maximum atomic E-state index is 13.1. The number of hydrogen-bond acceptors (Lipinski definition) is 3. The summed E-state index contributed by atoms with van der Waals surface area (Å²) in [6.07, 6.45) is 5.05. The highest BCUT2D eigenvalue weighted by Gasteiger charge is 2.28. The first-order valence-corrected chi connectivity index (χ1v) is 11.5. The number of amides is 2. The highest BCUT2D eigenvalue weighted by atomic mass is 16.5. The molecular weight excluding hydrogens is 388 g/mol. The number of carbonyl (C=O) groups is 2. The Morgan fingerprint density at radius 2 is 1.90 bits per heavy atom. The van der Waals surface area contributed by atoms with Crippen LogP contribution in [0.5, 0.6) is 5.75 Å². The van der Waals surface area contributed by atoms with E-state index < -0.39 is 0 Å². The average molecular weight is 421 g/mol. The number of rotatable bonds is 6. The van der Waals surface area contributed by atoms with Crippen molar-refractivity contribution in [3.8, 4) is 5.75 Å². The standard InChI is InChI=1S/C26H32N2O3/c1-3-21-7-4-5-15-28(21)25(29)18-31-24-9-6-8-23-22(24)14-16-27(26(23)30)17-20-12-10-19(2)11-13-20/h6,8-13,21H,3-5,7,14-18H2,1-2H3/t21-/m1/s1. The number of nitrogens with zero attached hydrogens (tertiary/aromatic N) is 2. The minimum Gasteiger partial charge on any atom is -0.483 e. The molecule has 2 heterocycles. The van der Waals surface area contributed by atoms with E-state index in [2.05, 4.69) is 38.1 Å². The van der Waals surface area contributed by atoms with Crippen LogP contribution in [0.2, 0.25) is 0 Å². The summed E-state index contributed by atoms with van der Waals surface area (Å²) >= 11 is 0. The number of carbonyl (C=O) groups excluding carboxylic acids is 2. The largest absolute Gasteiger partial charge is 0.483 e. The molecule has 2 aromatic rings. The van der Waals surface area contributed by atoms with Crippen LogP contribution in [0.3, 0.4) is 0 Å². The molecule has 2 aliphatic rings. The molecule has 4 rings (SSSR count). The van der Waals surface area contributed by atoms with Gasteiger partial charge < -0.3 is 14.5 Å². The Morgan fingerprint density at radius 1 is 1.10 bits per heavy atom. The molecule has 0 bridgehead atoms. The number of fused-ring (bicyclic) bond motifs is 1. The third kappa shape index (κ3) is 4.76. The maximum absolute atomic E-state index is 13.1. The predicted octanol–water partition coefficient (Wildman–Crippen LogP) is 4.36. The third-order valence-corrected chi connectivity index (χ3v) is 6.55. The Hall–Kier alpha value is -2.82. The summed E-state index contributed by atoms with van der Waals surface area (Å²) in [5.41, 5.74) is 3.96. The molecule has 0 aromatic heterocycles. The van der Waals surface area contributed by atoms with Gasteiger partial charge >= 0.3 is 0 Å². The highest BCUT2D eigenvalue weighted by Crippen LogP contribution is 2.29. The number of aryl methyl sites for hydroxylation is 1. The molecule has 0 aliphatic carbocycles. The third-order valence-electron chi connectivity index (χ3n) is 6.55. The van der Waals surface area contributed by atoms with Gasteiger partial charge in [-0.2, -0.15) is 0 Å². The molecule has 2 amide bonds. The van der Waals surface area contributed by atoms with Crippen LogP contribution in [0.25, 0.3) is 0 Å². The Bertz CT molecular complexity index is 938.